The van der Waals surface area contributed by atoms with E-state index in [1.807, 2.05) is 13.0 Å². The van der Waals surface area contributed by atoms with Crippen LogP contribution >= 0.6 is 0 Å². The lowest BCUT2D eigenvalue weighted by Gasteiger charge is -2.27. The van der Waals surface area contributed by atoms with E-state index in [1.165, 1.54) is 11.1 Å². The van der Waals surface area contributed by atoms with Gasteiger partial charge in [-0.3, -0.25) is 4.79 Å². The normalized spacial score (nSPS) is 20.6. The summed E-state index contributed by atoms with van der Waals surface area (Å²) in [5.41, 5.74) is 2.53. The third-order valence-electron chi connectivity index (χ3n) is 3.99. The molecular formula is C16H22O2. The molecule has 0 aromatic heterocycles. The van der Waals surface area contributed by atoms with Gasteiger partial charge in [0.15, 0.2) is 0 Å². The zero-order chi connectivity index (χ0) is 13.1. The van der Waals surface area contributed by atoms with Crippen molar-refractivity contribution in [2.75, 3.05) is 6.61 Å². The summed E-state index contributed by atoms with van der Waals surface area (Å²) in [4.78, 5) is 12.2. The first kappa shape index (κ1) is 13.3. The number of Topliss-reactive ketones (excluding diaryl/α,β-unsaturated/α-hetero) is 1. The maximum Gasteiger partial charge on any atom is 0.138 e. The minimum absolute atomic E-state index is 0.0383. The van der Waals surface area contributed by atoms with Crippen molar-refractivity contribution >= 4 is 5.78 Å². The molecule has 2 unspecified atom stereocenters. The molecule has 1 aromatic rings. The Labute approximate surface area is 109 Å². The number of ether oxygens (including phenoxy) is 1. The molecule has 0 spiro atoms. The Balaban J connectivity index is 2.10. The van der Waals surface area contributed by atoms with Gasteiger partial charge in [-0.15, -0.1) is 0 Å². The number of fused-ring (bicyclic) bond motifs is 1. The smallest absolute Gasteiger partial charge is 0.138 e. The molecule has 2 nitrogen and oxygen atoms in total. The summed E-state index contributed by atoms with van der Waals surface area (Å²) in [5.74, 6) is 0.825. The monoisotopic (exact) mass is 246 g/mol. The molecule has 1 aromatic carbocycles. The highest BCUT2D eigenvalue weighted by Gasteiger charge is 2.26. The van der Waals surface area contributed by atoms with Gasteiger partial charge >= 0.3 is 0 Å². The molecule has 0 radical (unpaired) electrons. The number of rotatable bonds is 4. The average Bonchev–Trinajstić information content (AvgIpc) is 2.38. The maximum atomic E-state index is 12.2. The van der Waals surface area contributed by atoms with E-state index < -0.39 is 0 Å². The first-order valence-corrected chi connectivity index (χ1v) is 6.81. The summed E-state index contributed by atoms with van der Waals surface area (Å²) < 4.78 is 5.78. The highest BCUT2D eigenvalue weighted by atomic mass is 16.5. The fraction of sp³-hybridized carbons (Fsp3) is 0.562. The van der Waals surface area contributed by atoms with E-state index in [0.29, 0.717) is 18.1 Å². The van der Waals surface area contributed by atoms with E-state index >= 15 is 0 Å². The second-order valence-corrected chi connectivity index (χ2v) is 5.51. The van der Waals surface area contributed by atoms with Gasteiger partial charge in [0.25, 0.3) is 0 Å². The Hall–Kier alpha value is -1.15. The van der Waals surface area contributed by atoms with Crippen LogP contribution < -0.4 is 0 Å². The van der Waals surface area contributed by atoms with Crippen molar-refractivity contribution < 1.29 is 9.53 Å². The molecule has 1 aliphatic heterocycles. The third kappa shape index (κ3) is 2.81. The van der Waals surface area contributed by atoms with Crippen LogP contribution in [0.5, 0.6) is 0 Å². The predicted octanol–water partition coefficient (Wildman–Crippen LogP) is 3.55. The van der Waals surface area contributed by atoms with Gasteiger partial charge in [0.1, 0.15) is 5.78 Å². The molecule has 0 N–H and O–H groups in total. The summed E-state index contributed by atoms with van der Waals surface area (Å²) in [6.07, 6.45) is 1.43. The lowest BCUT2D eigenvalue weighted by molar-refractivity contribution is -0.126. The second-order valence-electron chi connectivity index (χ2n) is 5.51. The van der Waals surface area contributed by atoms with Crippen LogP contribution in [0.1, 0.15) is 44.4 Å². The number of ketones is 1. The molecule has 1 aliphatic rings. The number of carbonyl (C=O) groups excluding carboxylic acids is 1. The van der Waals surface area contributed by atoms with Crippen LogP contribution in [0, 0.1) is 11.8 Å². The van der Waals surface area contributed by atoms with Crippen LogP contribution in [0.15, 0.2) is 24.3 Å². The fourth-order valence-corrected chi connectivity index (χ4v) is 2.39. The van der Waals surface area contributed by atoms with E-state index in [-0.39, 0.29) is 12.0 Å². The Morgan fingerprint density at radius 3 is 2.78 bits per heavy atom. The first-order chi connectivity index (χ1) is 8.59. The molecular weight excluding hydrogens is 224 g/mol. The molecule has 2 heteroatoms. The van der Waals surface area contributed by atoms with Crippen molar-refractivity contribution in [1.29, 1.82) is 0 Å². The van der Waals surface area contributed by atoms with E-state index in [2.05, 4.69) is 32.0 Å². The summed E-state index contributed by atoms with van der Waals surface area (Å²) in [7, 11) is 0. The summed E-state index contributed by atoms with van der Waals surface area (Å²) in [5, 5.41) is 0. The predicted molar refractivity (Wildman–Crippen MR) is 72.5 cm³/mol. The van der Waals surface area contributed by atoms with Crippen molar-refractivity contribution in [2.45, 2.75) is 39.7 Å². The van der Waals surface area contributed by atoms with Crippen LogP contribution in [-0.4, -0.2) is 12.4 Å². The lowest BCUT2D eigenvalue weighted by atomic mass is 9.87. The maximum absolute atomic E-state index is 12.2. The van der Waals surface area contributed by atoms with Gasteiger partial charge in [-0.05, 0) is 23.5 Å². The van der Waals surface area contributed by atoms with Crippen LogP contribution in [0.4, 0.5) is 0 Å². The molecule has 0 amide bonds. The van der Waals surface area contributed by atoms with Crippen molar-refractivity contribution in [1.82, 2.24) is 0 Å². The molecule has 2 atom stereocenters. The largest absolute Gasteiger partial charge is 0.373 e. The Morgan fingerprint density at radius 2 is 2.06 bits per heavy atom. The second kappa shape index (κ2) is 5.66. The number of hydrogen-bond acceptors (Lipinski definition) is 2. The van der Waals surface area contributed by atoms with Gasteiger partial charge in [-0.1, -0.05) is 45.0 Å². The SMILES string of the molecule is CC(C)C(C)C(=O)CC1OCCc2ccccc21. The van der Waals surface area contributed by atoms with Crippen LogP contribution in [0.3, 0.4) is 0 Å². The van der Waals surface area contributed by atoms with Gasteiger partial charge in [0.2, 0.25) is 0 Å². The van der Waals surface area contributed by atoms with Crippen molar-refractivity contribution in [2.24, 2.45) is 11.8 Å². The van der Waals surface area contributed by atoms with Crippen molar-refractivity contribution in [3.63, 3.8) is 0 Å². The van der Waals surface area contributed by atoms with Crippen molar-refractivity contribution in [3.8, 4) is 0 Å². The summed E-state index contributed by atoms with van der Waals surface area (Å²) in [6.45, 7) is 6.93. The Morgan fingerprint density at radius 1 is 1.33 bits per heavy atom. The number of hydrogen-bond donors (Lipinski definition) is 0. The summed E-state index contributed by atoms with van der Waals surface area (Å²) in [6, 6.07) is 8.31. The minimum atomic E-state index is -0.0383. The Kier molecular flexibility index (Phi) is 4.18. The Bertz CT molecular complexity index is 423. The first-order valence-electron chi connectivity index (χ1n) is 6.81. The third-order valence-corrected chi connectivity index (χ3v) is 3.99. The molecule has 0 aliphatic carbocycles. The molecule has 1 heterocycles. The lowest BCUT2D eigenvalue weighted by Crippen LogP contribution is -2.23. The molecule has 0 saturated carbocycles. The fourth-order valence-electron chi connectivity index (χ4n) is 2.39. The summed E-state index contributed by atoms with van der Waals surface area (Å²) >= 11 is 0. The molecule has 0 bridgehead atoms. The molecule has 98 valence electrons. The van der Waals surface area contributed by atoms with Gasteiger partial charge in [-0.25, -0.2) is 0 Å². The van der Waals surface area contributed by atoms with E-state index in [9.17, 15) is 4.79 Å². The average molecular weight is 246 g/mol. The zero-order valence-electron chi connectivity index (χ0n) is 11.5. The molecule has 0 saturated heterocycles. The highest BCUT2D eigenvalue weighted by Crippen LogP contribution is 2.31. The minimum Gasteiger partial charge on any atom is -0.373 e. The topological polar surface area (TPSA) is 26.3 Å². The molecule has 2 rings (SSSR count). The number of carbonyl (C=O) groups is 1. The van der Waals surface area contributed by atoms with E-state index in [4.69, 9.17) is 4.74 Å². The molecule has 0 fully saturated rings. The zero-order valence-corrected chi connectivity index (χ0v) is 11.5. The van der Waals surface area contributed by atoms with Crippen molar-refractivity contribution in [3.05, 3.63) is 35.4 Å². The van der Waals surface area contributed by atoms with Crippen LogP contribution in [0.25, 0.3) is 0 Å². The van der Waals surface area contributed by atoms with Gasteiger partial charge in [0.05, 0.1) is 12.7 Å². The number of benzene rings is 1. The molecule has 18 heavy (non-hydrogen) atoms. The van der Waals surface area contributed by atoms with Gasteiger partial charge in [-0.2, -0.15) is 0 Å². The van der Waals surface area contributed by atoms with E-state index in [1.54, 1.807) is 0 Å². The van der Waals surface area contributed by atoms with Crippen LogP contribution in [-0.2, 0) is 16.0 Å². The van der Waals surface area contributed by atoms with Crippen LogP contribution in [0.2, 0.25) is 0 Å². The standard InChI is InChI=1S/C16H22O2/c1-11(2)12(3)15(17)10-16-14-7-5-4-6-13(14)8-9-18-16/h4-7,11-12,16H,8-10H2,1-3H3. The van der Waals surface area contributed by atoms with E-state index in [0.717, 1.165) is 13.0 Å². The quantitative estimate of drug-likeness (QED) is 0.812. The van der Waals surface area contributed by atoms with Gasteiger partial charge < -0.3 is 4.74 Å². The highest BCUT2D eigenvalue weighted by molar-refractivity contribution is 5.81. The van der Waals surface area contributed by atoms with Gasteiger partial charge in [0, 0.05) is 12.3 Å².